The average molecular weight is 649 g/mol. The summed E-state index contributed by atoms with van der Waals surface area (Å²) >= 11 is 3.68. The van der Waals surface area contributed by atoms with Crippen molar-refractivity contribution in [2.45, 2.75) is 38.8 Å². The van der Waals surface area contributed by atoms with Crippen molar-refractivity contribution in [1.82, 2.24) is 0 Å². The summed E-state index contributed by atoms with van der Waals surface area (Å²) in [4.78, 5) is 9.93. The van der Waals surface area contributed by atoms with Crippen LogP contribution in [0, 0.1) is 0 Å². The molecule has 0 unspecified atom stereocenters. The summed E-state index contributed by atoms with van der Waals surface area (Å²) in [5, 5.41) is 2.24. The van der Waals surface area contributed by atoms with Gasteiger partial charge in [0.15, 0.2) is 0 Å². The van der Waals surface area contributed by atoms with Gasteiger partial charge in [-0.3, -0.25) is 9.98 Å². The number of aliphatic imine (C=N–C) groups is 2. The smallest absolute Gasteiger partial charge is 0.260 e. The minimum Gasteiger partial charge on any atom is -0.458 e. The third-order valence-electron chi connectivity index (χ3n) is 9.22. The van der Waals surface area contributed by atoms with Crippen LogP contribution in [0.5, 0.6) is 23.0 Å². The Morgan fingerprint density at radius 2 is 0.936 bits per heavy atom. The Hall–Kier alpha value is -4.20. The van der Waals surface area contributed by atoms with Gasteiger partial charge < -0.3 is 9.47 Å². The molecular weight excluding hydrogens is 615 g/mol. The van der Waals surface area contributed by atoms with Crippen molar-refractivity contribution in [1.29, 1.82) is 0 Å². The Kier molecular flexibility index (Phi) is 6.57. The summed E-state index contributed by atoms with van der Waals surface area (Å²) in [6.07, 6.45) is 0. The monoisotopic (exact) mass is 648 g/mol. The molecule has 4 aliphatic heterocycles. The Balaban J connectivity index is 1.09. The Labute approximate surface area is 284 Å². The van der Waals surface area contributed by atoms with Crippen LogP contribution in [0.4, 0.5) is 0 Å². The van der Waals surface area contributed by atoms with Crippen molar-refractivity contribution in [3.05, 3.63) is 114 Å². The molecule has 47 heavy (non-hydrogen) atoms. The van der Waals surface area contributed by atoms with Crippen LogP contribution in [0.3, 0.4) is 0 Å². The van der Waals surface area contributed by atoms with E-state index in [1.165, 1.54) is 11.1 Å². The molecule has 0 aromatic heterocycles. The summed E-state index contributed by atoms with van der Waals surface area (Å²) in [6.45, 7) is 8.80. The molecule has 0 fully saturated rings. The molecule has 4 heterocycles. The molecule has 0 bridgehead atoms. The lowest BCUT2D eigenvalue weighted by Gasteiger charge is -2.33. The minimum atomic E-state index is -0.0198. The summed E-state index contributed by atoms with van der Waals surface area (Å²) in [5.41, 5.74) is 10.3. The van der Waals surface area contributed by atoms with Crippen LogP contribution in [0.1, 0.15) is 38.8 Å². The lowest BCUT2D eigenvalue weighted by atomic mass is 9.35. The largest absolute Gasteiger partial charge is 0.458 e. The Bertz CT molecular complexity index is 2040. The summed E-state index contributed by atoms with van der Waals surface area (Å²) < 4.78 is 13.2. The number of hydrogen-bond donors (Lipinski definition) is 0. The first-order chi connectivity index (χ1) is 22.7. The van der Waals surface area contributed by atoms with Gasteiger partial charge in [-0.2, -0.15) is 0 Å². The van der Waals surface area contributed by atoms with Crippen molar-refractivity contribution < 1.29 is 9.47 Å². The fraction of sp³-hybridized carbons (Fsp3) is 0.200. The van der Waals surface area contributed by atoms with Gasteiger partial charge in [-0.15, -0.1) is 23.5 Å². The maximum absolute atomic E-state index is 6.61. The van der Waals surface area contributed by atoms with Crippen LogP contribution in [-0.2, 0) is 0 Å². The first-order valence-electron chi connectivity index (χ1n) is 16.1. The summed E-state index contributed by atoms with van der Waals surface area (Å²) in [6, 6.07) is 36.9. The number of thioether (sulfide) groups is 2. The highest BCUT2D eigenvalue weighted by Gasteiger charge is 2.40. The van der Waals surface area contributed by atoms with Crippen LogP contribution < -0.4 is 25.9 Å². The van der Waals surface area contributed by atoms with Gasteiger partial charge >= 0.3 is 0 Å². The molecule has 0 N–H and O–H groups in total. The molecule has 5 aromatic carbocycles. The van der Waals surface area contributed by atoms with Crippen LogP contribution in [0.2, 0.25) is 0 Å². The zero-order valence-corrected chi connectivity index (χ0v) is 28.5. The summed E-state index contributed by atoms with van der Waals surface area (Å²) in [7, 11) is 0. The second-order valence-electron chi connectivity index (χ2n) is 14.0. The predicted octanol–water partition coefficient (Wildman–Crippen LogP) is 8.29. The molecule has 5 aromatic rings. The molecule has 4 aliphatic rings. The molecule has 0 saturated heterocycles. The highest BCUT2D eigenvalue weighted by Crippen LogP contribution is 2.38. The van der Waals surface area contributed by atoms with Crippen LogP contribution in [-0.4, -0.2) is 39.4 Å². The first-order valence-corrected chi connectivity index (χ1v) is 18.1. The normalized spacial score (nSPS) is 17.9. The lowest BCUT2D eigenvalue weighted by Crippen LogP contribution is -2.57. The molecular formula is C40H33BN2O2S2. The zero-order valence-electron chi connectivity index (χ0n) is 26.8. The number of nitrogens with zero attached hydrogens (tertiary/aromatic N) is 2. The predicted molar refractivity (Wildman–Crippen MR) is 201 cm³/mol. The molecule has 0 spiro atoms. The third-order valence-corrected chi connectivity index (χ3v) is 12.1. The molecule has 230 valence electrons. The van der Waals surface area contributed by atoms with Crippen LogP contribution in [0.15, 0.2) is 113 Å². The zero-order chi connectivity index (χ0) is 31.9. The fourth-order valence-corrected chi connectivity index (χ4v) is 9.23. The molecule has 7 heteroatoms. The minimum absolute atomic E-state index is 0.0198. The summed E-state index contributed by atoms with van der Waals surface area (Å²) in [5.74, 6) is 5.50. The van der Waals surface area contributed by atoms with Gasteiger partial charge in [-0.25, -0.2) is 0 Å². The first kappa shape index (κ1) is 29.0. The van der Waals surface area contributed by atoms with Crippen molar-refractivity contribution in [2.24, 2.45) is 9.98 Å². The molecule has 0 atom stereocenters. The molecule has 0 aliphatic carbocycles. The maximum Gasteiger partial charge on any atom is 0.260 e. The highest BCUT2D eigenvalue weighted by atomic mass is 32.2. The van der Waals surface area contributed by atoms with E-state index in [2.05, 4.69) is 125 Å². The van der Waals surface area contributed by atoms with E-state index in [-0.39, 0.29) is 17.8 Å². The van der Waals surface area contributed by atoms with E-state index in [4.69, 9.17) is 19.5 Å². The quantitative estimate of drug-likeness (QED) is 0.180. The highest BCUT2D eigenvalue weighted by molar-refractivity contribution is 8.15. The van der Waals surface area contributed by atoms with Gasteiger partial charge in [-0.1, -0.05) is 66.7 Å². The Morgan fingerprint density at radius 1 is 0.511 bits per heavy atom. The number of benzene rings is 5. The van der Waals surface area contributed by atoms with Crippen LogP contribution >= 0.6 is 23.5 Å². The number of fused-ring (bicyclic) bond motifs is 4. The van der Waals surface area contributed by atoms with Gasteiger partial charge in [0, 0.05) is 28.1 Å². The van der Waals surface area contributed by atoms with E-state index in [1.807, 2.05) is 29.6 Å². The van der Waals surface area contributed by atoms with Crippen molar-refractivity contribution >= 4 is 56.7 Å². The molecule has 0 amide bonds. The van der Waals surface area contributed by atoms with Gasteiger partial charge in [0.25, 0.3) is 6.71 Å². The van der Waals surface area contributed by atoms with Crippen molar-refractivity contribution in [3.63, 3.8) is 0 Å². The van der Waals surface area contributed by atoms with E-state index in [0.717, 1.165) is 83.2 Å². The van der Waals surface area contributed by atoms with E-state index in [0.29, 0.717) is 0 Å². The van der Waals surface area contributed by atoms with E-state index in [9.17, 15) is 0 Å². The number of rotatable bonds is 4. The van der Waals surface area contributed by atoms with Gasteiger partial charge in [0.2, 0.25) is 0 Å². The number of hydrogen-bond acceptors (Lipinski definition) is 6. The number of ether oxygens (including phenoxy) is 2. The standard InChI is InChI=1S/C40H33BN2O2S2/c1-39(2)22-46-37(42-39)28-10-5-8-24(18-28)26-14-16-30-34(20-26)44-32-12-7-13-33-36(32)41(30)31-17-15-27(21-35(31)45-33)25-9-6-11-29(19-25)38-43-40(3,4)23-47-38/h5-21H,22-23H2,1-4H3. The van der Waals surface area contributed by atoms with Crippen molar-refractivity contribution in [2.75, 3.05) is 11.5 Å². The van der Waals surface area contributed by atoms with Gasteiger partial charge in [0.1, 0.15) is 23.0 Å². The second-order valence-corrected chi connectivity index (χ2v) is 15.9. The maximum atomic E-state index is 6.61. The molecule has 9 rings (SSSR count). The fourth-order valence-electron chi connectivity index (χ4n) is 6.91. The lowest BCUT2D eigenvalue weighted by molar-refractivity contribution is 0.464. The topological polar surface area (TPSA) is 43.2 Å². The SMILES string of the molecule is CC1(C)CSC(c2cccc(-c3ccc4c(c3)Oc3cccc5c3B4c3ccc(-c4cccc(C6=NC(C)(C)CS6)c4)cc3O5)c2)=N1. The molecule has 0 saturated carbocycles. The second kappa shape index (κ2) is 10.7. The van der Waals surface area contributed by atoms with E-state index in [1.54, 1.807) is 0 Å². The van der Waals surface area contributed by atoms with E-state index >= 15 is 0 Å². The van der Waals surface area contributed by atoms with Crippen LogP contribution in [0.25, 0.3) is 22.3 Å². The Morgan fingerprint density at radius 3 is 1.38 bits per heavy atom. The average Bonchev–Trinajstić information content (AvgIpc) is 3.64. The van der Waals surface area contributed by atoms with E-state index < -0.39 is 0 Å². The molecule has 0 radical (unpaired) electrons. The van der Waals surface area contributed by atoms with Gasteiger partial charge in [0.05, 0.1) is 21.2 Å². The van der Waals surface area contributed by atoms with Gasteiger partial charge in [-0.05, 0) is 97.3 Å². The van der Waals surface area contributed by atoms with Crippen molar-refractivity contribution in [3.8, 4) is 45.3 Å². The third kappa shape index (κ3) is 5.11. The molecule has 4 nitrogen and oxygen atoms in total.